The fraction of sp³-hybridized carbons (Fsp3) is 1.00. The molecule has 1 atom stereocenters. The number of hydrogen-bond donors (Lipinski definition) is 1. The van der Waals surface area contributed by atoms with Crippen LogP contribution < -0.4 is 0 Å². The van der Waals surface area contributed by atoms with Crippen LogP contribution in [0.25, 0.3) is 0 Å². The fourth-order valence-electron chi connectivity index (χ4n) is 0.132. The van der Waals surface area contributed by atoms with Gasteiger partial charge < -0.3 is 0 Å². The summed E-state index contributed by atoms with van der Waals surface area (Å²) in [5, 5.41) is 8.10. The fourth-order valence-corrected chi connectivity index (χ4v) is 0.281. The van der Waals surface area contributed by atoms with Crippen LogP contribution in [-0.2, 0) is 0 Å². The van der Waals surface area contributed by atoms with Crippen LogP contribution in [0.3, 0.4) is 0 Å². The third kappa shape index (κ3) is 4.25. The summed E-state index contributed by atoms with van der Waals surface area (Å²) in [6, 6.07) is 0. The second-order valence-electron chi connectivity index (χ2n) is 0.844. The normalized spacial score (nSPS) is 9.00. The molecule has 0 fully saturated rings. The van der Waals surface area contributed by atoms with E-state index in [1.165, 1.54) is 0 Å². The van der Waals surface area contributed by atoms with Crippen molar-refractivity contribution in [2.45, 2.75) is 6.32 Å². The van der Waals surface area contributed by atoms with Gasteiger partial charge in [0.1, 0.15) is 0 Å². The first-order chi connectivity index (χ1) is 2.91. The van der Waals surface area contributed by atoms with Gasteiger partial charge in [0.05, 0.1) is 0 Å². The predicted molar refractivity (Wildman–Crippen MR) is 29.8 cm³/mol. The number of aliphatic hydroxyl groups is 1. The molecule has 34 valence electrons. The minimum absolute atomic E-state index is 0.192. The number of rotatable bonds is 2. The number of nitrogens with zero attached hydrogens (tertiary/aromatic N) is 1. The van der Waals surface area contributed by atoms with Crippen molar-refractivity contribution in [3.8, 4) is 0 Å². The van der Waals surface area contributed by atoms with E-state index in [4.69, 9.17) is 5.11 Å². The average Bonchev–Trinajstić information content (AvgIpc) is 1.61. The molecule has 4 heteroatoms. The molecule has 0 aliphatic rings. The first kappa shape index (κ1) is 6.25. The summed E-state index contributed by atoms with van der Waals surface area (Å²) in [7, 11) is 3.83. The summed E-state index contributed by atoms with van der Waals surface area (Å²) in [5.41, 5.74) is 0. The third-order valence-corrected chi connectivity index (χ3v) is 0.574. The Bertz CT molecular complexity index is 48.8. The van der Waals surface area contributed by atoms with Crippen LogP contribution in [0.15, 0.2) is 4.67 Å². The standard InChI is InChI=1S/C2H7BNOP/c5-2-1-3-4-6/h5H,1-2,6H2. The third-order valence-electron chi connectivity index (χ3n) is 0.364. The molecule has 0 heterocycles. The van der Waals surface area contributed by atoms with Crippen LogP contribution >= 0.6 is 9.39 Å². The van der Waals surface area contributed by atoms with Gasteiger partial charge in [0.15, 0.2) is 0 Å². The van der Waals surface area contributed by atoms with Gasteiger partial charge in [-0.1, -0.05) is 0 Å². The van der Waals surface area contributed by atoms with Gasteiger partial charge in [0, 0.05) is 0 Å². The summed E-state index contributed by atoms with van der Waals surface area (Å²) in [4.78, 5) is 0. The van der Waals surface area contributed by atoms with Gasteiger partial charge in [-0.2, -0.15) is 0 Å². The van der Waals surface area contributed by atoms with Gasteiger partial charge >= 0.3 is 39.2 Å². The zero-order valence-electron chi connectivity index (χ0n) is 3.46. The van der Waals surface area contributed by atoms with E-state index >= 15 is 0 Å². The summed E-state index contributed by atoms with van der Waals surface area (Å²) in [6.45, 7) is 0.192. The Hall–Kier alpha value is 0.255. The molecule has 0 aromatic heterocycles. The Morgan fingerprint density at radius 2 is 2.50 bits per heavy atom. The van der Waals surface area contributed by atoms with E-state index in [1.807, 2.05) is 0 Å². The molecule has 0 amide bonds. The van der Waals surface area contributed by atoms with Gasteiger partial charge in [-0.05, 0) is 0 Å². The molecule has 0 aliphatic heterocycles. The van der Waals surface area contributed by atoms with E-state index in [9.17, 15) is 0 Å². The second-order valence-corrected chi connectivity index (χ2v) is 1.14. The molecule has 6 heavy (non-hydrogen) atoms. The molecule has 0 bridgehead atoms. The van der Waals surface area contributed by atoms with Crippen LogP contribution in [-0.4, -0.2) is 18.8 Å². The van der Waals surface area contributed by atoms with Gasteiger partial charge in [0.25, 0.3) is 0 Å². The molecule has 1 unspecified atom stereocenters. The zero-order valence-corrected chi connectivity index (χ0v) is 4.62. The molecule has 0 spiro atoms. The number of hydrogen-bond acceptors (Lipinski definition) is 2. The molecule has 0 aromatic rings. The van der Waals surface area contributed by atoms with E-state index in [0.717, 1.165) is 0 Å². The average molecular weight is 103 g/mol. The molecule has 0 saturated carbocycles. The maximum atomic E-state index is 8.10. The zero-order chi connectivity index (χ0) is 4.83. The predicted octanol–water partition coefficient (Wildman–Crippen LogP) is 0.0749. The van der Waals surface area contributed by atoms with E-state index in [2.05, 4.69) is 14.1 Å². The minimum atomic E-state index is 0.192. The summed E-state index contributed by atoms with van der Waals surface area (Å²) >= 11 is 0. The Balaban J connectivity index is 2.66. The topological polar surface area (TPSA) is 32.6 Å². The van der Waals surface area contributed by atoms with Crippen molar-refractivity contribution in [2.75, 3.05) is 6.61 Å². The van der Waals surface area contributed by atoms with E-state index < -0.39 is 0 Å². The SMILES string of the molecule is OCCB=NP. The van der Waals surface area contributed by atoms with Crippen LogP contribution in [0.4, 0.5) is 0 Å². The first-order valence-electron chi connectivity index (χ1n) is 1.74. The molecule has 0 saturated heterocycles. The second kappa shape index (κ2) is 5.25. The van der Waals surface area contributed by atoms with Gasteiger partial charge in [-0.15, -0.1) is 0 Å². The maximum absolute atomic E-state index is 8.10. The van der Waals surface area contributed by atoms with Crippen molar-refractivity contribution in [3.05, 3.63) is 0 Å². The van der Waals surface area contributed by atoms with E-state index in [1.54, 1.807) is 7.07 Å². The molecular weight excluding hydrogens is 95.8 g/mol. The molecule has 1 N–H and O–H groups in total. The Morgan fingerprint density at radius 1 is 1.83 bits per heavy atom. The summed E-state index contributed by atoms with van der Waals surface area (Å²) in [6.07, 6.45) is 0.656. The number of aliphatic hydroxyl groups excluding tert-OH is 1. The van der Waals surface area contributed by atoms with E-state index in [0.29, 0.717) is 6.32 Å². The summed E-state index contributed by atoms with van der Waals surface area (Å²) in [5.74, 6) is 0. The van der Waals surface area contributed by atoms with Crippen molar-refractivity contribution >= 4 is 16.5 Å². The monoisotopic (exact) mass is 103 g/mol. The molecule has 0 aromatic carbocycles. The Morgan fingerprint density at radius 3 is 2.67 bits per heavy atom. The van der Waals surface area contributed by atoms with Crippen LogP contribution in [0.5, 0.6) is 0 Å². The van der Waals surface area contributed by atoms with Crippen molar-refractivity contribution < 1.29 is 5.11 Å². The van der Waals surface area contributed by atoms with Crippen molar-refractivity contribution in [3.63, 3.8) is 0 Å². The molecular formula is C2H7BNOP. The van der Waals surface area contributed by atoms with Crippen LogP contribution in [0.2, 0.25) is 6.32 Å². The van der Waals surface area contributed by atoms with Crippen LogP contribution in [0.1, 0.15) is 0 Å². The van der Waals surface area contributed by atoms with Gasteiger partial charge in [-0.25, -0.2) is 0 Å². The first-order valence-corrected chi connectivity index (χ1v) is 2.26. The Labute approximate surface area is 40.2 Å². The molecule has 0 aliphatic carbocycles. The van der Waals surface area contributed by atoms with Gasteiger partial charge in [-0.3, -0.25) is 0 Å². The Kier molecular flexibility index (Phi) is 5.48. The van der Waals surface area contributed by atoms with Crippen molar-refractivity contribution in [1.82, 2.24) is 0 Å². The van der Waals surface area contributed by atoms with Crippen LogP contribution in [0, 0.1) is 0 Å². The summed E-state index contributed by atoms with van der Waals surface area (Å²) < 4.78 is 3.56. The molecule has 0 rings (SSSR count). The van der Waals surface area contributed by atoms with Crippen molar-refractivity contribution in [1.29, 1.82) is 0 Å². The van der Waals surface area contributed by atoms with E-state index in [-0.39, 0.29) is 6.61 Å². The molecule has 0 radical (unpaired) electrons. The van der Waals surface area contributed by atoms with Crippen molar-refractivity contribution in [2.24, 2.45) is 4.67 Å². The molecule has 2 nitrogen and oxygen atoms in total. The quantitative estimate of drug-likeness (QED) is 0.389. The van der Waals surface area contributed by atoms with Gasteiger partial charge in [0.2, 0.25) is 0 Å².